The summed E-state index contributed by atoms with van der Waals surface area (Å²) in [5.41, 5.74) is 1.64. The average Bonchev–Trinajstić information content (AvgIpc) is 3.20. The summed E-state index contributed by atoms with van der Waals surface area (Å²) in [4.78, 5) is 17.6. The van der Waals surface area contributed by atoms with E-state index in [9.17, 15) is 4.79 Å². The quantitative estimate of drug-likeness (QED) is 0.693. The maximum absolute atomic E-state index is 13.3. The summed E-state index contributed by atoms with van der Waals surface area (Å²) in [6, 6.07) is 14.6. The minimum atomic E-state index is -0.428. The molecule has 8 heteroatoms. The minimum Gasteiger partial charge on any atom is -0.493 e. The molecule has 4 rings (SSSR count). The van der Waals surface area contributed by atoms with Gasteiger partial charge in [-0.2, -0.15) is 10.1 Å². The van der Waals surface area contributed by atoms with Gasteiger partial charge in [-0.3, -0.25) is 4.79 Å². The van der Waals surface area contributed by atoms with E-state index >= 15 is 0 Å². The van der Waals surface area contributed by atoms with Crippen molar-refractivity contribution in [1.82, 2.24) is 14.8 Å². The van der Waals surface area contributed by atoms with Crippen LogP contribution >= 0.6 is 0 Å². The molecule has 2 N–H and O–H groups in total. The average molecular weight is 393 g/mol. The summed E-state index contributed by atoms with van der Waals surface area (Å²) in [5, 5.41) is 10.7. The van der Waals surface area contributed by atoms with E-state index in [0.717, 1.165) is 11.3 Å². The molecular weight excluding hydrogens is 370 g/mol. The zero-order valence-corrected chi connectivity index (χ0v) is 16.5. The summed E-state index contributed by atoms with van der Waals surface area (Å²) in [7, 11) is 3.18. The van der Waals surface area contributed by atoms with Gasteiger partial charge in [0.25, 0.3) is 0 Å². The van der Waals surface area contributed by atoms with Gasteiger partial charge in [0.05, 0.1) is 26.2 Å². The first kappa shape index (κ1) is 18.8. The van der Waals surface area contributed by atoms with Gasteiger partial charge in [-0.1, -0.05) is 24.3 Å². The largest absolute Gasteiger partial charge is 0.493 e. The number of carbonyl (C=O) groups is 1. The maximum atomic E-state index is 13.3. The zero-order chi connectivity index (χ0) is 20.4. The molecule has 0 aliphatic carbocycles. The Bertz CT molecular complexity index is 1000. The number of nitrogens with one attached hydrogen (secondary N) is 2. The molecule has 0 saturated heterocycles. The fraction of sp³-hybridized carbons (Fsp3) is 0.286. The summed E-state index contributed by atoms with van der Waals surface area (Å²) in [6.07, 6.45) is 1.49. The highest BCUT2D eigenvalue weighted by molar-refractivity contribution is 5.94. The second kappa shape index (κ2) is 7.83. The molecule has 0 saturated carbocycles. The number of nitrogens with zero attached hydrogens (tertiary/aromatic N) is 3. The third kappa shape index (κ3) is 3.49. The topological polar surface area (TPSA) is 90.3 Å². The van der Waals surface area contributed by atoms with Crippen LogP contribution in [0.4, 0.5) is 11.6 Å². The van der Waals surface area contributed by atoms with E-state index in [1.54, 1.807) is 18.9 Å². The second-order valence-corrected chi connectivity index (χ2v) is 6.90. The van der Waals surface area contributed by atoms with Crippen LogP contribution < -0.4 is 20.1 Å². The normalized spacial score (nSPS) is 20.3. The molecule has 1 aliphatic heterocycles. The van der Waals surface area contributed by atoms with Crippen LogP contribution in [0.1, 0.15) is 18.5 Å². The van der Waals surface area contributed by atoms with Crippen LogP contribution in [0.15, 0.2) is 54.9 Å². The Labute approximate surface area is 168 Å². The Morgan fingerprint density at radius 2 is 1.86 bits per heavy atom. The first-order valence-corrected chi connectivity index (χ1v) is 9.36. The lowest BCUT2D eigenvalue weighted by Gasteiger charge is -2.37. The fourth-order valence-corrected chi connectivity index (χ4v) is 3.78. The molecular formula is C21H23N5O3. The lowest BCUT2D eigenvalue weighted by atomic mass is 9.85. The molecule has 29 heavy (non-hydrogen) atoms. The number of hydrogen-bond acceptors (Lipinski definition) is 6. The van der Waals surface area contributed by atoms with Gasteiger partial charge in [-0.15, -0.1) is 0 Å². The van der Waals surface area contributed by atoms with E-state index in [4.69, 9.17) is 9.47 Å². The van der Waals surface area contributed by atoms with Gasteiger partial charge >= 0.3 is 0 Å². The molecule has 1 aromatic heterocycles. The molecule has 3 atom stereocenters. The highest BCUT2D eigenvalue weighted by atomic mass is 16.5. The van der Waals surface area contributed by atoms with Gasteiger partial charge in [0.1, 0.15) is 6.33 Å². The Morgan fingerprint density at radius 3 is 2.59 bits per heavy atom. The van der Waals surface area contributed by atoms with Crippen molar-refractivity contribution in [3.8, 4) is 11.5 Å². The zero-order valence-electron chi connectivity index (χ0n) is 16.5. The third-order valence-electron chi connectivity index (χ3n) is 5.17. The Kier molecular flexibility index (Phi) is 5.07. The van der Waals surface area contributed by atoms with Gasteiger partial charge < -0.3 is 20.1 Å². The highest BCUT2D eigenvalue weighted by Crippen LogP contribution is 2.39. The van der Waals surface area contributed by atoms with Crippen LogP contribution in [0, 0.1) is 5.92 Å². The standard InChI is InChI=1S/C21H23N5O3/c1-13-18(20(27)25-15-7-5-4-6-8-15)19(26-21(24-13)22-12-23-26)14-9-10-16(28-2)17(11-14)29-3/h4-13,18-19H,1-3H3,(H,25,27)(H,22,23,24)/t13-,18-,19-/m1/s1. The van der Waals surface area contributed by atoms with E-state index in [-0.39, 0.29) is 18.0 Å². The number of hydrogen-bond donors (Lipinski definition) is 2. The van der Waals surface area contributed by atoms with Crippen LogP contribution in [0.25, 0.3) is 0 Å². The maximum Gasteiger partial charge on any atom is 0.232 e. The molecule has 0 radical (unpaired) electrons. The molecule has 0 bridgehead atoms. The summed E-state index contributed by atoms with van der Waals surface area (Å²) in [6.45, 7) is 1.97. The molecule has 0 spiro atoms. The van der Waals surface area contributed by atoms with E-state index in [1.807, 2.05) is 55.5 Å². The van der Waals surface area contributed by atoms with Gasteiger partial charge in [-0.25, -0.2) is 4.68 Å². The molecule has 3 aromatic rings. The third-order valence-corrected chi connectivity index (χ3v) is 5.17. The number of benzene rings is 2. The number of methoxy groups -OCH3 is 2. The lowest BCUT2D eigenvalue weighted by molar-refractivity contribution is -0.121. The molecule has 8 nitrogen and oxygen atoms in total. The van der Waals surface area contributed by atoms with E-state index in [0.29, 0.717) is 17.4 Å². The molecule has 150 valence electrons. The van der Waals surface area contributed by atoms with Crippen LogP contribution in [-0.4, -0.2) is 40.9 Å². The van der Waals surface area contributed by atoms with Crippen LogP contribution in [0.3, 0.4) is 0 Å². The van der Waals surface area contributed by atoms with Crippen molar-refractivity contribution in [3.63, 3.8) is 0 Å². The van der Waals surface area contributed by atoms with Crippen LogP contribution in [-0.2, 0) is 4.79 Å². The second-order valence-electron chi connectivity index (χ2n) is 6.90. The van der Waals surface area contributed by atoms with E-state index < -0.39 is 5.92 Å². The van der Waals surface area contributed by atoms with Gasteiger partial charge in [0.15, 0.2) is 11.5 Å². The Hall–Kier alpha value is -3.55. The molecule has 2 aromatic carbocycles. The molecule has 0 unspecified atom stereocenters. The molecule has 1 aliphatic rings. The van der Waals surface area contributed by atoms with Crippen LogP contribution in [0.5, 0.6) is 11.5 Å². The first-order valence-electron chi connectivity index (χ1n) is 9.36. The monoisotopic (exact) mass is 393 g/mol. The summed E-state index contributed by atoms with van der Waals surface area (Å²) >= 11 is 0. The predicted molar refractivity (Wildman–Crippen MR) is 109 cm³/mol. The van der Waals surface area contributed by atoms with Gasteiger partial charge in [0, 0.05) is 11.7 Å². The van der Waals surface area contributed by atoms with Crippen molar-refractivity contribution in [2.24, 2.45) is 5.92 Å². The smallest absolute Gasteiger partial charge is 0.232 e. The van der Waals surface area contributed by atoms with Crippen molar-refractivity contribution in [2.45, 2.75) is 19.0 Å². The number of fused-ring (bicyclic) bond motifs is 1. The van der Waals surface area contributed by atoms with Crippen molar-refractivity contribution in [1.29, 1.82) is 0 Å². The number of para-hydroxylation sites is 1. The van der Waals surface area contributed by atoms with Crippen molar-refractivity contribution in [2.75, 3.05) is 24.9 Å². The van der Waals surface area contributed by atoms with Crippen molar-refractivity contribution >= 4 is 17.5 Å². The molecule has 2 heterocycles. The summed E-state index contributed by atoms with van der Waals surface area (Å²) < 4.78 is 12.6. The number of amides is 1. The van der Waals surface area contributed by atoms with Crippen molar-refractivity contribution < 1.29 is 14.3 Å². The number of ether oxygens (including phenoxy) is 2. The fourth-order valence-electron chi connectivity index (χ4n) is 3.78. The van der Waals surface area contributed by atoms with E-state index in [2.05, 4.69) is 20.7 Å². The Morgan fingerprint density at radius 1 is 1.10 bits per heavy atom. The predicted octanol–water partition coefficient (Wildman–Crippen LogP) is 2.95. The number of aromatic nitrogens is 3. The summed E-state index contributed by atoms with van der Waals surface area (Å²) in [5.74, 6) is 1.32. The minimum absolute atomic E-state index is 0.0999. The van der Waals surface area contributed by atoms with Crippen molar-refractivity contribution in [3.05, 3.63) is 60.4 Å². The molecule has 1 amide bonds. The number of rotatable bonds is 5. The van der Waals surface area contributed by atoms with Crippen LogP contribution in [0.2, 0.25) is 0 Å². The van der Waals surface area contributed by atoms with Gasteiger partial charge in [0.2, 0.25) is 11.9 Å². The Balaban J connectivity index is 1.76. The van der Waals surface area contributed by atoms with Gasteiger partial charge in [-0.05, 0) is 36.8 Å². The molecule has 0 fully saturated rings. The number of anilines is 2. The SMILES string of the molecule is COc1ccc([C@@H]2[C@H](C(=O)Nc3ccccc3)[C@@H](C)Nc3ncnn32)cc1OC. The highest BCUT2D eigenvalue weighted by Gasteiger charge is 2.41. The van der Waals surface area contributed by atoms with E-state index in [1.165, 1.54) is 6.33 Å². The number of carbonyl (C=O) groups excluding carboxylic acids is 1. The first-order chi connectivity index (χ1) is 14.1. The lowest BCUT2D eigenvalue weighted by Crippen LogP contribution is -2.46.